The van der Waals surface area contributed by atoms with Gasteiger partial charge >= 0.3 is 5.97 Å². The molecule has 0 atom stereocenters. The highest BCUT2D eigenvalue weighted by molar-refractivity contribution is 5.90. The van der Waals surface area contributed by atoms with E-state index in [1.807, 2.05) is 0 Å². The maximum absolute atomic E-state index is 12.9. The average molecular weight is 253 g/mol. The minimum atomic E-state index is -2.69. The lowest BCUT2D eigenvalue weighted by Gasteiger charge is -2.20. The van der Waals surface area contributed by atoms with Crippen LogP contribution in [0.25, 0.3) is 0 Å². The molecule has 3 nitrogen and oxygen atoms in total. The number of carbonyl (C=O) groups is 1. The molecular weight excluding hydrogens is 240 g/mol. The zero-order valence-electron chi connectivity index (χ0n) is 9.70. The standard InChI is InChI=1S/C13H13F2NO2/c14-13(15)5-4-11(16-8-13)7-9-2-1-3-10(6-9)12(17)18/h1-3,6H,4-5,7-8H2,(H,17,18). The highest BCUT2D eigenvalue weighted by Gasteiger charge is 2.31. The summed E-state index contributed by atoms with van der Waals surface area (Å²) in [5.74, 6) is -3.68. The van der Waals surface area contributed by atoms with Crippen LogP contribution in [-0.4, -0.2) is 29.3 Å². The largest absolute Gasteiger partial charge is 0.478 e. The predicted octanol–water partition coefficient (Wildman–Crippen LogP) is 2.80. The van der Waals surface area contributed by atoms with E-state index in [0.717, 1.165) is 5.56 Å². The van der Waals surface area contributed by atoms with Gasteiger partial charge in [0.25, 0.3) is 5.92 Å². The van der Waals surface area contributed by atoms with Crippen molar-refractivity contribution in [2.24, 2.45) is 4.99 Å². The van der Waals surface area contributed by atoms with Crippen LogP contribution < -0.4 is 0 Å². The van der Waals surface area contributed by atoms with E-state index in [-0.39, 0.29) is 18.4 Å². The van der Waals surface area contributed by atoms with Gasteiger partial charge in [-0.2, -0.15) is 0 Å². The molecule has 1 N–H and O–H groups in total. The molecule has 0 saturated carbocycles. The zero-order chi connectivity index (χ0) is 13.2. The maximum Gasteiger partial charge on any atom is 0.335 e. The Hall–Kier alpha value is -1.78. The Morgan fingerprint density at radius 1 is 1.44 bits per heavy atom. The number of carboxylic acids is 1. The molecule has 96 valence electrons. The number of nitrogens with zero attached hydrogens (tertiary/aromatic N) is 1. The van der Waals surface area contributed by atoms with Crippen molar-refractivity contribution in [1.29, 1.82) is 0 Å². The van der Waals surface area contributed by atoms with Crippen LogP contribution in [0.3, 0.4) is 0 Å². The number of rotatable bonds is 3. The topological polar surface area (TPSA) is 49.7 Å². The number of benzene rings is 1. The molecule has 1 heterocycles. The lowest BCUT2D eigenvalue weighted by Crippen LogP contribution is -2.27. The SMILES string of the molecule is O=C(O)c1cccc(CC2=NCC(F)(F)CC2)c1. The number of alkyl halides is 2. The first kappa shape index (κ1) is 12.7. The van der Waals surface area contributed by atoms with Crippen molar-refractivity contribution in [2.45, 2.75) is 25.2 Å². The van der Waals surface area contributed by atoms with Gasteiger partial charge in [-0.1, -0.05) is 12.1 Å². The van der Waals surface area contributed by atoms with Crippen LogP contribution in [0.1, 0.15) is 28.8 Å². The molecule has 5 heteroatoms. The summed E-state index contributed by atoms with van der Waals surface area (Å²) in [7, 11) is 0. The van der Waals surface area contributed by atoms with E-state index in [1.165, 1.54) is 6.07 Å². The van der Waals surface area contributed by atoms with Crippen molar-refractivity contribution in [1.82, 2.24) is 0 Å². The summed E-state index contributed by atoms with van der Waals surface area (Å²) in [4.78, 5) is 14.7. The number of carboxylic acid groups (broad SMARTS) is 1. The van der Waals surface area contributed by atoms with Crippen molar-refractivity contribution in [3.63, 3.8) is 0 Å². The maximum atomic E-state index is 12.9. The van der Waals surface area contributed by atoms with E-state index in [9.17, 15) is 13.6 Å². The number of hydrogen-bond donors (Lipinski definition) is 1. The van der Waals surface area contributed by atoms with E-state index < -0.39 is 18.4 Å². The monoisotopic (exact) mass is 253 g/mol. The summed E-state index contributed by atoms with van der Waals surface area (Å²) in [6.45, 7) is -0.457. The van der Waals surface area contributed by atoms with Crippen LogP contribution in [0.5, 0.6) is 0 Å². The van der Waals surface area contributed by atoms with Crippen molar-refractivity contribution < 1.29 is 18.7 Å². The van der Waals surface area contributed by atoms with Crippen LogP contribution in [0.4, 0.5) is 8.78 Å². The fourth-order valence-corrected chi connectivity index (χ4v) is 1.91. The fraction of sp³-hybridized carbons (Fsp3) is 0.385. The molecule has 0 bridgehead atoms. The fourth-order valence-electron chi connectivity index (χ4n) is 1.91. The normalized spacial score (nSPS) is 18.2. The predicted molar refractivity (Wildman–Crippen MR) is 63.6 cm³/mol. The van der Waals surface area contributed by atoms with Crippen LogP contribution in [0.15, 0.2) is 29.3 Å². The van der Waals surface area contributed by atoms with Crippen molar-refractivity contribution in [2.75, 3.05) is 6.54 Å². The quantitative estimate of drug-likeness (QED) is 0.900. The minimum absolute atomic E-state index is 0.176. The Bertz CT molecular complexity index is 498. The van der Waals surface area contributed by atoms with Gasteiger partial charge in [-0.05, 0) is 24.1 Å². The summed E-state index contributed by atoms with van der Waals surface area (Å²) in [5.41, 5.74) is 1.71. The minimum Gasteiger partial charge on any atom is -0.478 e. The Morgan fingerprint density at radius 3 is 2.83 bits per heavy atom. The Balaban J connectivity index is 2.08. The van der Waals surface area contributed by atoms with Gasteiger partial charge in [0.15, 0.2) is 0 Å². The smallest absolute Gasteiger partial charge is 0.335 e. The third kappa shape index (κ3) is 3.12. The molecule has 0 amide bonds. The third-order valence-corrected chi connectivity index (χ3v) is 2.90. The Morgan fingerprint density at radius 2 is 2.22 bits per heavy atom. The van der Waals surface area contributed by atoms with Crippen molar-refractivity contribution >= 4 is 11.7 Å². The van der Waals surface area contributed by atoms with Gasteiger partial charge in [0.05, 0.1) is 5.56 Å². The highest BCUT2D eigenvalue weighted by atomic mass is 19.3. The molecule has 1 aromatic rings. The molecule has 2 rings (SSSR count). The lowest BCUT2D eigenvalue weighted by molar-refractivity contribution is 0.000685. The first-order valence-corrected chi connectivity index (χ1v) is 5.68. The van der Waals surface area contributed by atoms with Crippen LogP contribution in [0, 0.1) is 0 Å². The molecule has 0 unspecified atom stereocenters. The van der Waals surface area contributed by atoms with Gasteiger partial charge < -0.3 is 5.11 Å². The lowest BCUT2D eigenvalue weighted by atomic mass is 9.99. The van der Waals surface area contributed by atoms with Gasteiger partial charge in [0.1, 0.15) is 6.54 Å². The molecule has 18 heavy (non-hydrogen) atoms. The van der Waals surface area contributed by atoms with E-state index >= 15 is 0 Å². The summed E-state index contributed by atoms with van der Waals surface area (Å²) in [6, 6.07) is 6.48. The molecular formula is C13H13F2NO2. The number of halogens is 2. The summed E-state index contributed by atoms with van der Waals surface area (Å²) in [6.07, 6.45) is 0.534. The van der Waals surface area contributed by atoms with E-state index in [1.54, 1.807) is 18.2 Å². The van der Waals surface area contributed by atoms with Crippen LogP contribution in [-0.2, 0) is 6.42 Å². The first-order valence-electron chi connectivity index (χ1n) is 5.68. The molecule has 1 aliphatic rings. The summed E-state index contributed by atoms with van der Waals surface area (Å²) in [5, 5.41) is 8.85. The van der Waals surface area contributed by atoms with Gasteiger partial charge in [-0.25, -0.2) is 13.6 Å². The van der Waals surface area contributed by atoms with Crippen molar-refractivity contribution in [3.8, 4) is 0 Å². The molecule has 0 fully saturated rings. The second kappa shape index (κ2) is 4.84. The van der Waals surface area contributed by atoms with Gasteiger partial charge in [0.2, 0.25) is 0 Å². The highest BCUT2D eigenvalue weighted by Crippen LogP contribution is 2.25. The zero-order valence-corrected chi connectivity index (χ0v) is 9.70. The summed E-state index contributed by atoms with van der Waals surface area (Å²) < 4.78 is 25.8. The van der Waals surface area contributed by atoms with Crippen molar-refractivity contribution in [3.05, 3.63) is 35.4 Å². The van der Waals surface area contributed by atoms with E-state index in [0.29, 0.717) is 12.1 Å². The molecule has 0 radical (unpaired) electrons. The van der Waals surface area contributed by atoms with E-state index in [4.69, 9.17) is 5.11 Å². The number of aromatic carboxylic acids is 1. The molecule has 0 spiro atoms. The van der Waals surface area contributed by atoms with Gasteiger partial charge in [-0.15, -0.1) is 0 Å². The van der Waals surface area contributed by atoms with Crippen LogP contribution >= 0.6 is 0 Å². The van der Waals surface area contributed by atoms with Gasteiger partial charge in [-0.3, -0.25) is 4.99 Å². The number of aliphatic imine (C=N–C) groups is 1. The third-order valence-electron chi connectivity index (χ3n) is 2.90. The van der Waals surface area contributed by atoms with Crippen LogP contribution in [0.2, 0.25) is 0 Å². The molecule has 1 aliphatic heterocycles. The molecule has 0 saturated heterocycles. The summed E-state index contributed by atoms with van der Waals surface area (Å²) >= 11 is 0. The van der Waals surface area contributed by atoms with Gasteiger partial charge in [0, 0.05) is 18.6 Å². The second-order valence-corrected chi connectivity index (χ2v) is 4.42. The molecule has 0 aliphatic carbocycles. The Kier molecular flexibility index (Phi) is 3.41. The Labute approximate surface area is 103 Å². The van der Waals surface area contributed by atoms with E-state index in [2.05, 4.69) is 4.99 Å². The molecule has 1 aromatic carbocycles. The molecule has 0 aromatic heterocycles. The average Bonchev–Trinajstić information content (AvgIpc) is 2.32. The number of hydrogen-bond acceptors (Lipinski definition) is 2. The second-order valence-electron chi connectivity index (χ2n) is 4.42. The first-order chi connectivity index (χ1) is 8.46.